The molecule has 3 heterocycles. The Balaban J connectivity index is 1.69. The molecule has 2 aliphatic heterocycles. The number of hydrogen-bond acceptors (Lipinski definition) is 5. The van der Waals surface area contributed by atoms with Gasteiger partial charge in [0, 0.05) is 18.7 Å². The molecule has 0 amide bonds. The van der Waals surface area contributed by atoms with Crippen molar-refractivity contribution in [1.29, 1.82) is 0 Å². The van der Waals surface area contributed by atoms with Crippen molar-refractivity contribution in [3.05, 3.63) is 30.1 Å². The normalized spacial score (nSPS) is 29.7. The average molecular weight is 312 g/mol. The molecule has 3 atom stereocenters. The number of sulfonamides is 1. The summed E-state index contributed by atoms with van der Waals surface area (Å²) in [4.78, 5) is 4.22. The Morgan fingerprint density at radius 3 is 3.00 bits per heavy atom. The van der Waals surface area contributed by atoms with Crippen molar-refractivity contribution in [2.75, 3.05) is 25.5 Å². The molecule has 0 spiro atoms. The summed E-state index contributed by atoms with van der Waals surface area (Å²) in [6.07, 6.45) is 1.60. The highest BCUT2D eigenvalue weighted by Gasteiger charge is 2.49. The predicted molar refractivity (Wildman–Crippen MR) is 77.1 cm³/mol. The summed E-state index contributed by atoms with van der Waals surface area (Å²) in [7, 11) is -3.21. The smallest absolute Gasteiger partial charge is 0.214 e. The molecule has 0 N–H and O–H groups in total. The zero-order chi connectivity index (χ0) is 14.9. The van der Waals surface area contributed by atoms with Gasteiger partial charge in [-0.3, -0.25) is 4.98 Å². The monoisotopic (exact) mass is 312 g/mol. The molecular formula is C14H20N2O4S. The highest BCUT2D eigenvalue weighted by Crippen LogP contribution is 2.34. The van der Waals surface area contributed by atoms with Crippen LogP contribution in [0.2, 0.25) is 0 Å². The SMILES string of the molecule is CCS(=O)(=O)N1C[C@H](OCc2ccccn2)[C@H]2COC[C@H]21. The van der Waals surface area contributed by atoms with Crippen LogP contribution < -0.4 is 0 Å². The maximum atomic E-state index is 12.2. The lowest BCUT2D eigenvalue weighted by atomic mass is 10.0. The van der Waals surface area contributed by atoms with Gasteiger partial charge in [-0.15, -0.1) is 0 Å². The number of fused-ring (bicyclic) bond motifs is 1. The van der Waals surface area contributed by atoms with Gasteiger partial charge in [0.15, 0.2) is 0 Å². The zero-order valence-electron chi connectivity index (χ0n) is 12.0. The van der Waals surface area contributed by atoms with Crippen molar-refractivity contribution in [1.82, 2.24) is 9.29 Å². The number of ether oxygens (including phenoxy) is 2. The number of hydrogen-bond donors (Lipinski definition) is 0. The van der Waals surface area contributed by atoms with Gasteiger partial charge in [-0.2, -0.15) is 4.31 Å². The third-order valence-corrected chi connectivity index (χ3v) is 6.06. The van der Waals surface area contributed by atoms with E-state index in [4.69, 9.17) is 9.47 Å². The second-order valence-corrected chi connectivity index (χ2v) is 7.62. The molecular weight excluding hydrogens is 292 g/mol. The van der Waals surface area contributed by atoms with E-state index in [2.05, 4.69) is 4.98 Å². The fourth-order valence-electron chi connectivity index (χ4n) is 3.00. The second kappa shape index (κ2) is 6.00. The summed E-state index contributed by atoms with van der Waals surface area (Å²) in [5.74, 6) is 0.235. The summed E-state index contributed by atoms with van der Waals surface area (Å²) in [6, 6.07) is 5.59. The van der Waals surface area contributed by atoms with Crippen molar-refractivity contribution >= 4 is 10.0 Å². The van der Waals surface area contributed by atoms with Crippen LogP contribution in [0.5, 0.6) is 0 Å². The van der Waals surface area contributed by atoms with E-state index in [-0.39, 0.29) is 23.8 Å². The van der Waals surface area contributed by atoms with E-state index in [1.165, 1.54) is 0 Å². The van der Waals surface area contributed by atoms with Crippen LogP contribution >= 0.6 is 0 Å². The minimum absolute atomic E-state index is 0.0799. The van der Waals surface area contributed by atoms with Crippen LogP contribution in [0.15, 0.2) is 24.4 Å². The molecule has 0 saturated carbocycles. The molecule has 21 heavy (non-hydrogen) atoms. The number of pyridine rings is 1. The molecule has 2 fully saturated rings. The molecule has 3 rings (SSSR count). The van der Waals surface area contributed by atoms with E-state index < -0.39 is 10.0 Å². The molecule has 116 valence electrons. The second-order valence-electron chi connectivity index (χ2n) is 5.41. The van der Waals surface area contributed by atoms with Crippen molar-refractivity contribution < 1.29 is 17.9 Å². The fourth-order valence-corrected chi connectivity index (χ4v) is 4.33. The van der Waals surface area contributed by atoms with Gasteiger partial charge in [0.05, 0.1) is 43.4 Å². The summed E-state index contributed by atoms with van der Waals surface area (Å²) < 4.78 is 37.3. The molecule has 0 radical (unpaired) electrons. The van der Waals surface area contributed by atoms with E-state index >= 15 is 0 Å². The van der Waals surface area contributed by atoms with Gasteiger partial charge in [-0.1, -0.05) is 6.07 Å². The first kappa shape index (κ1) is 14.9. The lowest BCUT2D eigenvalue weighted by molar-refractivity contribution is 0.0112. The van der Waals surface area contributed by atoms with E-state index in [0.29, 0.717) is 26.4 Å². The third-order valence-electron chi connectivity index (χ3n) is 4.19. The summed E-state index contributed by atoms with van der Waals surface area (Å²) in [5, 5.41) is 0. The van der Waals surface area contributed by atoms with Crippen LogP contribution in [0, 0.1) is 5.92 Å². The predicted octanol–water partition coefficient (Wildman–Crippen LogP) is 0.647. The molecule has 2 aliphatic rings. The molecule has 2 saturated heterocycles. The minimum Gasteiger partial charge on any atom is -0.379 e. The largest absolute Gasteiger partial charge is 0.379 e. The lowest BCUT2D eigenvalue weighted by Crippen LogP contribution is -2.39. The number of nitrogens with zero attached hydrogens (tertiary/aromatic N) is 2. The van der Waals surface area contributed by atoms with E-state index in [1.807, 2.05) is 18.2 Å². The highest BCUT2D eigenvalue weighted by molar-refractivity contribution is 7.89. The molecule has 0 unspecified atom stereocenters. The quantitative estimate of drug-likeness (QED) is 0.798. The molecule has 0 aliphatic carbocycles. The molecule has 1 aromatic heterocycles. The zero-order valence-corrected chi connectivity index (χ0v) is 12.8. The van der Waals surface area contributed by atoms with Crippen LogP contribution in [0.1, 0.15) is 12.6 Å². The van der Waals surface area contributed by atoms with Gasteiger partial charge >= 0.3 is 0 Å². The van der Waals surface area contributed by atoms with Crippen molar-refractivity contribution in [3.63, 3.8) is 0 Å². The third kappa shape index (κ3) is 2.96. The Morgan fingerprint density at radius 1 is 1.43 bits per heavy atom. The van der Waals surface area contributed by atoms with Gasteiger partial charge in [-0.05, 0) is 19.1 Å². The minimum atomic E-state index is -3.21. The maximum absolute atomic E-state index is 12.2. The van der Waals surface area contributed by atoms with Crippen LogP contribution in [0.4, 0.5) is 0 Å². The van der Waals surface area contributed by atoms with Gasteiger partial charge < -0.3 is 9.47 Å². The number of aromatic nitrogens is 1. The molecule has 7 heteroatoms. The Kier molecular flexibility index (Phi) is 4.26. The van der Waals surface area contributed by atoms with Gasteiger partial charge in [0.25, 0.3) is 0 Å². The standard InChI is InChI=1S/C14H20N2O4S/c1-2-21(17,18)16-7-14(12-9-19-10-13(12)16)20-8-11-5-3-4-6-15-11/h3-6,12-14H,2,7-10H2,1H3/t12-,13+,14-/m0/s1. The average Bonchev–Trinajstić information content (AvgIpc) is 3.08. The Hall–Kier alpha value is -1.02. The molecule has 1 aromatic rings. The van der Waals surface area contributed by atoms with Gasteiger partial charge in [-0.25, -0.2) is 8.42 Å². The van der Waals surface area contributed by atoms with E-state index in [1.54, 1.807) is 17.4 Å². The maximum Gasteiger partial charge on any atom is 0.214 e. The van der Waals surface area contributed by atoms with Crippen LogP contribution in [-0.4, -0.2) is 55.4 Å². The first-order valence-electron chi connectivity index (χ1n) is 7.20. The molecule has 0 bridgehead atoms. The fraction of sp³-hybridized carbons (Fsp3) is 0.643. The van der Waals surface area contributed by atoms with Crippen molar-refractivity contribution in [2.45, 2.75) is 25.7 Å². The molecule has 0 aromatic carbocycles. The van der Waals surface area contributed by atoms with Crippen molar-refractivity contribution in [3.8, 4) is 0 Å². The lowest BCUT2D eigenvalue weighted by Gasteiger charge is -2.20. The Labute approximate surface area is 125 Å². The van der Waals surface area contributed by atoms with Crippen LogP contribution in [-0.2, 0) is 26.1 Å². The van der Waals surface area contributed by atoms with E-state index in [0.717, 1.165) is 5.69 Å². The van der Waals surface area contributed by atoms with Crippen LogP contribution in [0.3, 0.4) is 0 Å². The summed E-state index contributed by atoms with van der Waals surface area (Å²) >= 11 is 0. The topological polar surface area (TPSA) is 68.7 Å². The Morgan fingerprint density at radius 2 is 2.29 bits per heavy atom. The van der Waals surface area contributed by atoms with Gasteiger partial charge in [0.1, 0.15) is 0 Å². The van der Waals surface area contributed by atoms with E-state index in [9.17, 15) is 8.42 Å². The Bertz CT molecular complexity index is 578. The molecule has 6 nitrogen and oxygen atoms in total. The number of rotatable bonds is 5. The highest BCUT2D eigenvalue weighted by atomic mass is 32.2. The van der Waals surface area contributed by atoms with Crippen molar-refractivity contribution in [2.24, 2.45) is 5.92 Å². The first-order valence-corrected chi connectivity index (χ1v) is 8.81. The summed E-state index contributed by atoms with van der Waals surface area (Å²) in [5.41, 5.74) is 0.852. The van der Waals surface area contributed by atoms with Crippen LogP contribution in [0.25, 0.3) is 0 Å². The van der Waals surface area contributed by atoms with Gasteiger partial charge in [0.2, 0.25) is 10.0 Å². The first-order chi connectivity index (χ1) is 10.1. The summed E-state index contributed by atoms with van der Waals surface area (Å²) in [6.45, 7) is 3.51.